The lowest BCUT2D eigenvalue weighted by Gasteiger charge is -2.20. The summed E-state index contributed by atoms with van der Waals surface area (Å²) in [6.07, 6.45) is -0.714. The molecule has 0 saturated heterocycles. The molecule has 0 spiro atoms. The summed E-state index contributed by atoms with van der Waals surface area (Å²) in [4.78, 5) is 20.8. The predicted molar refractivity (Wildman–Crippen MR) is 56.7 cm³/mol. The molecule has 15 heavy (non-hydrogen) atoms. The second-order valence-corrected chi connectivity index (χ2v) is 5.99. The Morgan fingerprint density at radius 1 is 1.13 bits per heavy atom. The summed E-state index contributed by atoms with van der Waals surface area (Å²) in [6, 6.07) is 0. The van der Waals surface area contributed by atoms with Crippen LogP contribution < -0.4 is 0 Å². The number of rotatable bonds is 5. The molecule has 0 aromatic rings. The van der Waals surface area contributed by atoms with Crippen LogP contribution in [0.3, 0.4) is 0 Å². The molecule has 0 radical (unpaired) electrons. The largest absolute Gasteiger partial charge is 0.462 e. The highest BCUT2D eigenvalue weighted by atomic mass is 31.2. The summed E-state index contributed by atoms with van der Waals surface area (Å²) < 4.78 is 21.2. The van der Waals surface area contributed by atoms with E-state index >= 15 is 0 Å². The van der Waals surface area contributed by atoms with Gasteiger partial charge >= 0.3 is 13.6 Å². The minimum absolute atomic E-state index is 0.306. The molecule has 0 heterocycles. The number of ether oxygens (including phenoxy) is 1. The molecule has 0 fully saturated rings. The number of esters is 1. The Morgan fingerprint density at radius 3 is 1.93 bits per heavy atom. The molecular weight excluding hydrogens is 219 g/mol. The van der Waals surface area contributed by atoms with Gasteiger partial charge in [-0.25, -0.2) is 0 Å². The lowest BCUT2D eigenvalue weighted by atomic mass is 10.4. The van der Waals surface area contributed by atoms with Crippen molar-refractivity contribution in [3.05, 3.63) is 0 Å². The summed E-state index contributed by atoms with van der Waals surface area (Å²) in [7, 11) is -3.93. The third-order valence-corrected chi connectivity index (χ3v) is 3.46. The smallest absolute Gasteiger partial charge is 0.342 e. The fourth-order valence-electron chi connectivity index (χ4n) is 0.857. The molecule has 0 aromatic heterocycles. The summed E-state index contributed by atoms with van der Waals surface area (Å²) in [5.74, 6) is -0.712. The minimum atomic E-state index is -3.93. The second-order valence-electron chi connectivity index (χ2n) is 3.88. The minimum Gasteiger partial charge on any atom is -0.462 e. The maximum atomic E-state index is 11.6. The molecule has 2 unspecified atom stereocenters. The van der Waals surface area contributed by atoms with E-state index in [0.29, 0.717) is 0 Å². The lowest BCUT2D eigenvalue weighted by molar-refractivity contribution is -0.146. The molecule has 0 aliphatic heterocycles. The van der Waals surface area contributed by atoms with Gasteiger partial charge in [-0.05, 0) is 34.6 Å². The molecule has 0 aliphatic carbocycles. The van der Waals surface area contributed by atoms with Crippen molar-refractivity contribution in [3.63, 3.8) is 0 Å². The van der Waals surface area contributed by atoms with E-state index in [9.17, 15) is 14.3 Å². The van der Waals surface area contributed by atoms with Crippen molar-refractivity contribution in [2.45, 2.75) is 52.5 Å². The van der Waals surface area contributed by atoms with Crippen molar-refractivity contribution in [2.75, 3.05) is 0 Å². The van der Waals surface area contributed by atoms with Crippen LogP contribution in [0.25, 0.3) is 0 Å². The first kappa shape index (κ1) is 14.6. The fraction of sp³-hybridized carbons (Fsp3) is 0.889. The normalized spacial score (nSPS) is 17.6. The van der Waals surface area contributed by atoms with Crippen LogP contribution in [0.15, 0.2) is 0 Å². The van der Waals surface area contributed by atoms with Crippen LogP contribution in [0.5, 0.6) is 0 Å². The van der Waals surface area contributed by atoms with Gasteiger partial charge in [0, 0.05) is 0 Å². The van der Waals surface area contributed by atoms with Gasteiger partial charge in [-0.1, -0.05) is 0 Å². The van der Waals surface area contributed by atoms with Gasteiger partial charge in [0.2, 0.25) is 0 Å². The van der Waals surface area contributed by atoms with E-state index in [1.807, 2.05) is 0 Å². The molecular formula is C9H19O5P. The Hall–Kier alpha value is -0.380. The Kier molecular flexibility index (Phi) is 5.49. The number of hydrogen-bond donors (Lipinski definition) is 1. The average molecular weight is 238 g/mol. The summed E-state index contributed by atoms with van der Waals surface area (Å²) in [6.45, 7) is 7.94. The molecule has 2 atom stereocenters. The highest BCUT2D eigenvalue weighted by molar-refractivity contribution is 7.54. The van der Waals surface area contributed by atoms with Crippen LogP contribution in [0.2, 0.25) is 0 Å². The third-order valence-electron chi connectivity index (χ3n) is 1.54. The van der Waals surface area contributed by atoms with Crippen molar-refractivity contribution in [3.8, 4) is 0 Å². The SMILES string of the molecule is CC(C)OC(=O)C(C)P(=O)(O)OC(C)C. The van der Waals surface area contributed by atoms with Gasteiger partial charge in [0.25, 0.3) is 0 Å². The van der Waals surface area contributed by atoms with Gasteiger partial charge in [-0.2, -0.15) is 0 Å². The molecule has 0 saturated carbocycles. The first-order valence-corrected chi connectivity index (χ1v) is 6.53. The molecule has 1 N–H and O–H groups in total. The predicted octanol–water partition coefficient (Wildman–Crippen LogP) is 1.94. The molecule has 0 aliphatic rings. The number of carbonyl (C=O) groups excluding carboxylic acids is 1. The highest BCUT2D eigenvalue weighted by Gasteiger charge is 2.36. The summed E-state index contributed by atoms with van der Waals surface area (Å²) in [5, 5.41) is 0. The fourth-order valence-corrected chi connectivity index (χ4v) is 1.97. The van der Waals surface area contributed by atoms with Crippen molar-refractivity contribution in [1.29, 1.82) is 0 Å². The third kappa shape index (κ3) is 5.30. The lowest BCUT2D eigenvalue weighted by Crippen LogP contribution is -2.25. The van der Waals surface area contributed by atoms with Gasteiger partial charge in [-0.15, -0.1) is 0 Å². The number of hydrogen-bond acceptors (Lipinski definition) is 4. The van der Waals surface area contributed by atoms with Crippen LogP contribution in [-0.4, -0.2) is 28.7 Å². The van der Waals surface area contributed by atoms with Gasteiger partial charge in [0.05, 0.1) is 12.2 Å². The highest BCUT2D eigenvalue weighted by Crippen LogP contribution is 2.48. The van der Waals surface area contributed by atoms with Crippen LogP contribution in [0.4, 0.5) is 0 Å². The van der Waals surface area contributed by atoms with Gasteiger partial charge in [0.1, 0.15) is 0 Å². The zero-order valence-corrected chi connectivity index (χ0v) is 10.7. The maximum Gasteiger partial charge on any atom is 0.342 e. The first-order chi connectivity index (χ1) is 6.66. The molecule has 0 aromatic carbocycles. The zero-order chi connectivity index (χ0) is 12.2. The van der Waals surface area contributed by atoms with Gasteiger partial charge in [0.15, 0.2) is 5.66 Å². The van der Waals surface area contributed by atoms with E-state index in [-0.39, 0.29) is 6.10 Å². The van der Waals surface area contributed by atoms with Crippen molar-refractivity contribution in [1.82, 2.24) is 0 Å². The topological polar surface area (TPSA) is 72.8 Å². The summed E-state index contributed by atoms with van der Waals surface area (Å²) >= 11 is 0. The van der Waals surface area contributed by atoms with Gasteiger partial charge < -0.3 is 14.2 Å². The standard InChI is InChI=1S/C9H19O5P/c1-6(2)13-9(10)8(5)15(11,12)14-7(3)4/h6-8H,1-5H3,(H,11,12). The maximum absolute atomic E-state index is 11.6. The zero-order valence-electron chi connectivity index (χ0n) is 9.76. The summed E-state index contributed by atoms with van der Waals surface area (Å²) in [5.41, 5.74) is -1.15. The van der Waals surface area contributed by atoms with Crippen molar-refractivity contribution >= 4 is 13.6 Å². The van der Waals surface area contributed by atoms with Gasteiger partial charge in [-0.3, -0.25) is 9.36 Å². The van der Waals surface area contributed by atoms with Crippen LogP contribution in [0.1, 0.15) is 34.6 Å². The Balaban J connectivity index is 4.48. The molecule has 0 bridgehead atoms. The van der Waals surface area contributed by atoms with E-state index in [0.717, 1.165) is 0 Å². The van der Waals surface area contributed by atoms with E-state index < -0.39 is 25.3 Å². The first-order valence-electron chi connectivity index (χ1n) is 4.88. The van der Waals surface area contributed by atoms with Crippen LogP contribution in [-0.2, 0) is 18.6 Å². The Labute approximate surface area is 90.3 Å². The van der Waals surface area contributed by atoms with Crippen molar-refractivity contribution in [2.24, 2.45) is 0 Å². The second kappa shape index (κ2) is 5.64. The van der Waals surface area contributed by atoms with E-state index in [1.165, 1.54) is 6.92 Å². The van der Waals surface area contributed by atoms with Crippen molar-refractivity contribution < 1.29 is 23.5 Å². The van der Waals surface area contributed by atoms with E-state index in [2.05, 4.69) is 0 Å². The van der Waals surface area contributed by atoms with E-state index in [1.54, 1.807) is 27.7 Å². The molecule has 6 heteroatoms. The molecule has 0 rings (SSSR count). The molecule has 90 valence electrons. The van der Waals surface area contributed by atoms with Crippen LogP contribution in [0, 0.1) is 0 Å². The molecule has 5 nitrogen and oxygen atoms in total. The Morgan fingerprint density at radius 2 is 1.60 bits per heavy atom. The monoisotopic (exact) mass is 238 g/mol. The van der Waals surface area contributed by atoms with Crippen LogP contribution >= 0.6 is 7.60 Å². The average Bonchev–Trinajstić information content (AvgIpc) is 1.98. The quantitative estimate of drug-likeness (QED) is 0.585. The number of carbonyl (C=O) groups is 1. The Bertz CT molecular complexity index is 261. The van der Waals surface area contributed by atoms with E-state index in [4.69, 9.17) is 9.26 Å². The molecule has 0 amide bonds.